The molecule has 0 fully saturated rings. The molecule has 6 nitrogen and oxygen atoms in total. The molecule has 7 heteroatoms. The molecule has 3 aromatic rings. The van der Waals surface area contributed by atoms with E-state index in [0.717, 1.165) is 41.2 Å². The fourth-order valence-corrected chi connectivity index (χ4v) is 3.13. The minimum absolute atomic E-state index is 0.0196. The lowest BCUT2D eigenvalue weighted by Gasteiger charge is -2.09. The predicted molar refractivity (Wildman–Crippen MR) is 92.5 cm³/mol. The van der Waals surface area contributed by atoms with Gasteiger partial charge in [-0.05, 0) is 43.2 Å². The third kappa shape index (κ3) is 2.53. The second-order valence-electron chi connectivity index (χ2n) is 6.00. The van der Waals surface area contributed by atoms with Crippen molar-refractivity contribution in [3.63, 3.8) is 0 Å². The van der Waals surface area contributed by atoms with Crippen molar-refractivity contribution in [3.8, 4) is 16.9 Å². The second-order valence-corrected chi connectivity index (χ2v) is 6.00. The van der Waals surface area contributed by atoms with E-state index in [9.17, 15) is 14.5 Å². The standard InChI is InChI=1S/C18H15FN4O2/c1-11-2-7-14(23(24)25)10-16(11)22-18-15(8-9-20-18)17(21-22)12-3-5-13(19)6-4-12/h2-7,10,20H,8-9H2,1H3. The van der Waals surface area contributed by atoms with Crippen molar-refractivity contribution < 1.29 is 9.31 Å². The molecule has 0 saturated heterocycles. The maximum absolute atomic E-state index is 13.2. The van der Waals surface area contributed by atoms with Crippen LogP contribution in [0, 0.1) is 22.9 Å². The van der Waals surface area contributed by atoms with E-state index in [-0.39, 0.29) is 11.5 Å². The maximum Gasteiger partial charge on any atom is 0.271 e. The molecule has 0 aliphatic carbocycles. The smallest absolute Gasteiger partial charge is 0.271 e. The maximum atomic E-state index is 13.2. The molecule has 0 atom stereocenters. The van der Waals surface area contributed by atoms with E-state index in [0.29, 0.717) is 5.69 Å². The highest BCUT2D eigenvalue weighted by Crippen LogP contribution is 2.35. The van der Waals surface area contributed by atoms with Crippen molar-refractivity contribution >= 4 is 11.5 Å². The monoisotopic (exact) mass is 338 g/mol. The normalized spacial score (nSPS) is 12.7. The van der Waals surface area contributed by atoms with Crippen molar-refractivity contribution in [3.05, 3.63) is 69.5 Å². The van der Waals surface area contributed by atoms with Crippen LogP contribution < -0.4 is 5.32 Å². The molecule has 0 saturated carbocycles. The second kappa shape index (κ2) is 5.70. The van der Waals surface area contributed by atoms with E-state index in [1.54, 1.807) is 22.9 Å². The molecular formula is C18H15FN4O2. The van der Waals surface area contributed by atoms with Crippen molar-refractivity contribution in [2.75, 3.05) is 11.9 Å². The molecule has 1 aliphatic heterocycles. The topological polar surface area (TPSA) is 73.0 Å². The third-order valence-corrected chi connectivity index (χ3v) is 4.40. The van der Waals surface area contributed by atoms with Crippen molar-refractivity contribution in [2.24, 2.45) is 0 Å². The van der Waals surface area contributed by atoms with Crippen LogP contribution in [0.25, 0.3) is 16.9 Å². The minimum Gasteiger partial charge on any atom is -0.369 e. The molecule has 25 heavy (non-hydrogen) atoms. The Kier molecular flexibility index (Phi) is 3.49. The molecule has 1 aromatic heterocycles. The number of hydrogen-bond donors (Lipinski definition) is 1. The minimum atomic E-state index is -0.416. The zero-order chi connectivity index (χ0) is 17.6. The summed E-state index contributed by atoms with van der Waals surface area (Å²) in [6, 6.07) is 10.9. The zero-order valence-corrected chi connectivity index (χ0v) is 13.5. The Morgan fingerprint density at radius 1 is 1.24 bits per heavy atom. The van der Waals surface area contributed by atoms with Gasteiger partial charge in [-0.15, -0.1) is 0 Å². The van der Waals surface area contributed by atoms with E-state index >= 15 is 0 Å². The summed E-state index contributed by atoms with van der Waals surface area (Å²) in [6.07, 6.45) is 0.802. The number of hydrogen-bond acceptors (Lipinski definition) is 4. The fourth-order valence-electron chi connectivity index (χ4n) is 3.13. The van der Waals surface area contributed by atoms with Gasteiger partial charge in [0.1, 0.15) is 11.6 Å². The number of benzene rings is 2. The van der Waals surface area contributed by atoms with E-state index in [4.69, 9.17) is 0 Å². The van der Waals surface area contributed by atoms with Gasteiger partial charge >= 0.3 is 0 Å². The summed E-state index contributed by atoms with van der Waals surface area (Å²) < 4.78 is 14.9. The average molecular weight is 338 g/mol. The summed E-state index contributed by atoms with van der Waals surface area (Å²) >= 11 is 0. The lowest BCUT2D eigenvalue weighted by atomic mass is 10.1. The largest absolute Gasteiger partial charge is 0.369 e. The van der Waals surface area contributed by atoms with Crippen LogP contribution in [0.1, 0.15) is 11.1 Å². The number of non-ortho nitro benzene ring substituents is 1. The fraction of sp³-hybridized carbons (Fsp3) is 0.167. The molecule has 1 aliphatic rings. The van der Waals surface area contributed by atoms with Gasteiger partial charge in [-0.3, -0.25) is 10.1 Å². The van der Waals surface area contributed by atoms with Gasteiger partial charge in [-0.1, -0.05) is 6.07 Å². The molecule has 0 bridgehead atoms. The Hall–Kier alpha value is -3.22. The number of nitro groups is 1. The Labute approximate surface area is 143 Å². The van der Waals surface area contributed by atoms with Gasteiger partial charge in [0.2, 0.25) is 0 Å². The Morgan fingerprint density at radius 2 is 2.00 bits per heavy atom. The van der Waals surface area contributed by atoms with Crippen LogP contribution in [-0.2, 0) is 6.42 Å². The highest BCUT2D eigenvalue weighted by Gasteiger charge is 2.25. The van der Waals surface area contributed by atoms with E-state index < -0.39 is 4.92 Å². The third-order valence-electron chi connectivity index (χ3n) is 4.40. The quantitative estimate of drug-likeness (QED) is 0.581. The summed E-state index contributed by atoms with van der Waals surface area (Å²) in [5.41, 5.74) is 4.20. The number of nitro benzene ring substituents is 1. The molecule has 2 heterocycles. The van der Waals surface area contributed by atoms with Gasteiger partial charge < -0.3 is 5.32 Å². The molecule has 0 radical (unpaired) electrons. The van der Waals surface area contributed by atoms with Gasteiger partial charge in [-0.25, -0.2) is 9.07 Å². The molecule has 0 unspecified atom stereocenters. The lowest BCUT2D eigenvalue weighted by molar-refractivity contribution is -0.384. The van der Waals surface area contributed by atoms with Crippen LogP contribution in [-0.4, -0.2) is 21.2 Å². The van der Waals surface area contributed by atoms with Crippen LogP contribution in [0.3, 0.4) is 0 Å². The Balaban J connectivity index is 1.90. The van der Waals surface area contributed by atoms with Gasteiger partial charge in [0.15, 0.2) is 0 Å². The highest BCUT2D eigenvalue weighted by molar-refractivity contribution is 5.73. The Bertz CT molecular complexity index is 979. The van der Waals surface area contributed by atoms with Gasteiger partial charge in [0.05, 0.1) is 16.3 Å². The first kappa shape index (κ1) is 15.3. The number of aryl methyl sites for hydroxylation is 1. The SMILES string of the molecule is Cc1ccc([N+](=O)[O-])cc1-n1nc(-c2ccc(F)cc2)c2c1NCC2. The zero-order valence-electron chi connectivity index (χ0n) is 13.5. The van der Waals surface area contributed by atoms with E-state index in [1.807, 2.05) is 6.92 Å². The number of anilines is 1. The number of fused-ring (bicyclic) bond motifs is 1. The van der Waals surface area contributed by atoms with Crippen LogP contribution >= 0.6 is 0 Å². The number of nitrogens with one attached hydrogen (secondary N) is 1. The first-order chi connectivity index (χ1) is 12.0. The molecular weight excluding hydrogens is 323 g/mol. The summed E-state index contributed by atoms with van der Waals surface area (Å²) in [7, 11) is 0. The highest BCUT2D eigenvalue weighted by atomic mass is 19.1. The van der Waals surface area contributed by atoms with Crippen LogP contribution in [0.15, 0.2) is 42.5 Å². The van der Waals surface area contributed by atoms with Crippen molar-refractivity contribution in [2.45, 2.75) is 13.3 Å². The number of nitrogens with zero attached hydrogens (tertiary/aromatic N) is 3. The Morgan fingerprint density at radius 3 is 2.72 bits per heavy atom. The van der Waals surface area contributed by atoms with E-state index in [1.165, 1.54) is 24.3 Å². The molecule has 1 N–H and O–H groups in total. The summed E-state index contributed by atoms with van der Waals surface area (Å²) in [4.78, 5) is 10.7. The number of rotatable bonds is 3. The van der Waals surface area contributed by atoms with Gasteiger partial charge in [0, 0.05) is 29.8 Å². The summed E-state index contributed by atoms with van der Waals surface area (Å²) in [5.74, 6) is 0.537. The summed E-state index contributed by atoms with van der Waals surface area (Å²) in [5, 5.41) is 19.1. The van der Waals surface area contributed by atoms with Crippen molar-refractivity contribution in [1.29, 1.82) is 0 Å². The molecule has 4 rings (SSSR count). The first-order valence-electron chi connectivity index (χ1n) is 7.92. The van der Waals surface area contributed by atoms with Gasteiger partial charge in [0.25, 0.3) is 5.69 Å². The molecule has 126 valence electrons. The van der Waals surface area contributed by atoms with Gasteiger partial charge in [-0.2, -0.15) is 5.10 Å². The molecule has 0 amide bonds. The molecule has 0 spiro atoms. The number of aromatic nitrogens is 2. The molecule has 2 aromatic carbocycles. The number of halogens is 1. The lowest BCUT2D eigenvalue weighted by Crippen LogP contribution is -2.06. The van der Waals surface area contributed by atoms with Crippen LogP contribution in [0.4, 0.5) is 15.9 Å². The first-order valence-corrected chi connectivity index (χ1v) is 7.92. The van der Waals surface area contributed by atoms with Crippen LogP contribution in [0.2, 0.25) is 0 Å². The predicted octanol–water partition coefficient (Wildman–Crippen LogP) is 3.86. The average Bonchev–Trinajstić information content (AvgIpc) is 3.19. The summed E-state index contributed by atoms with van der Waals surface area (Å²) in [6.45, 7) is 2.66. The van der Waals surface area contributed by atoms with Crippen molar-refractivity contribution in [1.82, 2.24) is 9.78 Å². The van der Waals surface area contributed by atoms with E-state index in [2.05, 4.69) is 10.4 Å². The van der Waals surface area contributed by atoms with Crippen LogP contribution in [0.5, 0.6) is 0 Å².